The molecule has 10 heteroatoms. The van der Waals surface area contributed by atoms with Crippen molar-refractivity contribution in [1.82, 2.24) is 10.2 Å². The summed E-state index contributed by atoms with van der Waals surface area (Å²) >= 11 is 1.30. The second-order valence-corrected chi connectivity index (χ2v) is 8.79. The van der Waals surface area contributed by atoms with Crippen molar-refractivity contribution in [3.05, 3.63) is 29.3 Å². The van der Waals surface area contributed by atoms with Crippen LogP contribution < -0.4 is 10.2 Å². The zero-order chi connectivity index (χ0) is 21.7. The Balaban J connectivity index is 1.63. The minimum absolute atomic E-state index is 0.0863. The second-order valence-electron chi connectivity index (χ2n) is 7.83. The minimum atomic E-state index is -0.521. The smallest absolute Gasteiger partial charge is 0.410 e. The van der Waals surface area contributed by atoms with Gasteiger partial charge in [-0.25, -0.2) is 4.79 Å². The van der Waals surface area contributed by atoms with Crippen molar-refractivity contribution in [3.8, 4) is 6.07 Å². The molecule has 0 spiro atoms. The van der Waals surface area contributed by atoms with Gasteiger partial charge < -0.3 is 19.9 Å². The number of piperazine rings is 1. The zero-order valence-electron chi connectivity index (χ0n) is 17.2. The van der Waals surface area contributed by atoms with E-state index in [0.717, 1.165) is 11.3 Å². The number of rotatable bonds is 3. The van der Waals surface area contributed by atoms with E-state index >= 15 is 0 Å². The summed E-state index contributed by atoms with van der Waals surface area (Å²) < 4.78 is 5.43. The lowest BCUT2D eigenvalue weighted by atomic mass is 10.1. The van der Waals surface area contributed by atoms with E-state index in [1.54, 1.807) is 17.2 Å². The van der Waals surface area contributed by atoms with Crippen LogP contribution in [0.2, 0.25) is 0 Å². The van der Waals surface area contributed by atoms with Crippen molar-refractivity contribution >= 4 is 40.8 Å². The molecule has 0 aliphatic carbocycles. The first-order valence-corrected chi connectivity index (χ1v) is 10.5. The Kier molecular flexibility index (Phi) is 6.62. The summed E-state index contributed by atoms with van der Waals surface area (Å²) in [6.45, 7) is 7.84. The van der Waals surface area contributed by atoms with Crippen LogP contribution in [0.1, 0.15) is 31.9 Å². The van der Waals surface area contributed by atoms with Gasteiger partial charge in [0.25, 0.3) is 0 Å². The zero-order valence-corrected chi connectivity index (χ0v) is 18.0. The van der Waals surface area contributed by atoms with Crippen molar-refractivity contribution in [1.29, 1.82) is 5.26 Å². The number of nitrogens with zero attached hydrogens (tertiary/aromatic N) is 5. The molecule has 9 nitrogen and oxygen atoms in total. The standard InChI is InChI=1S/C20H24N6O3S/c1-20(2,3)29-19(28)26-8-6-25(7-9-26)16-5-4-14(10-15(16)11-21)12-22-24-18-23-17(27)13-30-18/h4-5,10,12H,6-9,13H2,1-3H3,(H,23,24,27). The van der Waals surface area contributed by atoms with Crippen LogP contribution in [0.4, 0.5) is 10.5 Å². The quantitative estimate of drug-likeness (QED) is 0.584. The maximum atomic E-state index is 12.2. The van der Waals surface area contributed by atoms with E-state index in [1.807, 2.05) is 32.9 Å². The fourth-order valence-corrected chi connectivity index (χ4v) is 3.61. The number of thioether (sulfide) groups is 1. The van der Waals surface area contributed by atoms with Gasteiger partial charge in [-0.2, -0.15) is 10.4 Å². The summed E-state index contributed by atoms with van der Waals surface area (Å²) in [6, 6.07) is 7.72. The van der Waals surface area contributed by atoms with Gasteiger partial charge in [0.15, 0.2) is 5.17 Å². The normalized spacial score (nSPS) is 18.6. The average Bonchev–Trinajstić information content (AvgIpc) is 3.12. The molecule has 3 rings (SSSR count). The van der Waals surface area contributed by atoms with Crippen LogP contribution in [-0.2, 0) is 9.53 Å². The third-order valence-corrected chi connectivity index (χ3v) is 5.22. The molecule has 2 aliphatic heterocycles. The molecule has 0 radical (unpaired) electrons. The van der Waals surface area contributed by atoms with Gasteiger partial charge in [0.2, 0.25) is 5.91 Å². The summed E-state index contributed by atoms with van der Waals surface area (Å²) in [7, 11) is 0. The van der Waals surface area contributed by atoms with Crippen LogP contribution in [0.5, 0.6) is 0 Å². The minimum Gasteiger partial charge on any atom is -0.444 e. The van der Waals surface area contributed by atoms with Crippen LogP contribution >= 0.6 is 11.8 Å². The lowest BCUT2D eigenvalue weighted by molar-refractivity contribution is -0.116. The lowest BCUT2D eigenvalue weighted by Gasteiger charge is -2.37. The molecule has 1 aromatic rings. The lowest BCUT2D eigenvalue weighted by Crippen LogP contribution is -2.50. The van der Waals surface area contributed by atoms with Crippen molar-refractivity contribution in [2.45, 2.75) is 26.4 Å². The highest BCUT2D eigenvalue weighted by molar-refractivity contribution is 8.15. The SMILES string of the molecule is CC(C)(C)OC(=O)N1CCN(c2ccc(C=NN=C3NC(=O)CS3)cc2C#N)CC1. The molecule has 1 N–H and O–H groups in total. The van der Waals surface area contributed by atoms with E-state index in [9.17, 15) is 14.9 Å². The molecular weight excluding hydrogens is 404 g/mol. The number of nitrogens with one attached hydrogen (secondary N) is 1. The molecular formula is C20H24N6O3S. The number of nitriles is 1. The Hall–Kier alpha value is -3.06. The van der Waals surface area contributed by atoms with E-state index in [2.05, 4.69) is 26.5 Å². The third kappa shape index (κ3) is 5.73. The van der Waals surface area contributed by atoms with Gasteiger partial charge in [-0.15, -0.1) is 5.10 Å². The topological polar surface area (TPSA) is 110 Å². The molecule has 30 heavy (non-hydrogen) atoms. The highest BCUT2D eigenvalue weighted by Crippen LogP contribution is 2.23. The molecule has 0 atom stereocenters. The van der Waals surface area contributed by atoms with Crippen LogP contribution in [0.3, 0.4) is 0 Å². The number of hydrogen-bond donors (Lipinski definition) is 1. The molecule has 2 aliphatic rings. The maximum Gasteiger partial charge on any atom is 0.410 e. The van der Waals surface area contributed by atoms with Gasteiger partial charge >= 0.3 is 6.09 Å². The van der Waals surface area contributed by atoms with Crippen LogP contribution in [0, 0.1) is 11.3 Å². The molecule has 2 saturated heterocycles. The first-order chi connectivity index (χ1) is 14.2. The van der Waals surface area contributed by atoms with E-state index < -0.39 is 5.60 Å². The molecule has 1 aromatic carbocycles. The predicted molar refractivity (Wildman–Crippen MR) is 117 cm³/mol. The van der Waals surface area contributed by atoms with Crippen LogP contribution in [-0.4, -0.2) is 65.8 Å². The average molecular weight is 429 g/mol. The Morgan fingerprint density at radius 2 is 2.03 bits per heavy atom. The Bertz CT molecular complexity index is 923. The first kappa shape index (κ1) is 21.6. The number of ether oxygens (including phenoxy) is 1. The third-order valence-electron chi connectivity index (χ3n) is 4.35. The van der Waals surface area contributed by atoms with Gasteiger partial charge in [0.05, 0.1) is 23.2 Å². The van der Waals surface area contributed by atoms with Gasteiger partial charge in [0.1, 0.15) is 11.7 Å². The van der Waals surface area contributed by atoms with E-state index in [0.29, 0.717) is 42.7 Å². The van der Waals surface area contributed by atoms with Crippen molar-refractivity contribution in [2.24, 2.45) is 10.2 Å². The number of amides is 2. The molecule has 158 valence electrons. The van der Waals surface area contributed by atoms with Crippen LogP contribution in [0.25, 0.3) is 0 Å². The summed E-state index contributed by atoms with van der Waals surface area (Å²) in [5, 5.41) is 20.6. The van der Waals surface area contributed by atoms with E-state index in [1.165, 1.54) is 11.8 Å². The van der Waals surface area contributed by atoms with Gasteiger partial charge in [0, 0.05) is 26.2 Å². The molecule has 0 unspecified atom stereocenters. The molecule has 2 heterocycles. The molecule has 2 fully saturated rings. The highest BCUT2D eigenvalue weighted by Gasteiger charge is 2.26. The van der Waals surface area contributed by atoms with Gasteiger partial charge in [-0.3, -0.25) is 4.79 Å². The van der Waals surface area contributed by atoms with Crippen molar-refractivity contribution in [3.63, 3.8) is 0 Å². The highest BCUT2D eigenvalue weighted by atomic mass is 32.2. The van der Waals surface area contributed by atoms with Crippen LogP contribution in [0.15, 0.2) is 28.4 Å². The predicted octanol–water partition coefficient (Wildman–Crippen LogP) is 2.17. The van der Waals surface area contributed by atoms with E-state index in [-0.39, 0.29) is 12.0 Å². The van der Waals surface area contributed by atoms with Crippen molar-refractivity contribution in [2.75, 3.05) is 36.8 Å². The number of anilines is 1. The van der Waals surface area contributed by atoms with E-state index in [4.69, 9.17) is 4.74 Å². The van der Waals surface area contributed by atoms with Gasteiger partial charge in [-0.05, 0) is 38.5 Å². The second kappa shape index (κ2) is 9.17. The Morgan fingerprint density at radius 3 is 2.63 bits per heavy atom. The number of carbonyl (C=O) groups is 2. The molecule has 0 bridgehead atoms. The maximum absolute atomic E-state index is 12.2. The van der Waals surface area contributed by atoms with Gasteiger partial charge in [-0.1, -0.05) is 17.8 Å². The summed E-state index contributed by atoms with van der Waals surface area (Å²) in [6.07, 6.45) is 1.23. The Labute approximate surface area is 179 Å². The number of amidine groups is 1. The number of carbonyl (C=O) groups excluding carboxylic acids is 2. The number of benzene rings is 1. The summed E-state index contributed by atoms with van der Waals surface area (Å²) in [5.74, 6) is 0.264. The fourth-order valence-electron chi connectivity index (χ4n) is 2.98. The molecule has 2 amide bonds. The molecule has 0 saturated carbocycles. The van der Waals surface area contributed by atoms with Crippen molar-refractivity contribution < 1.29 is 14.3 Å². The fraction of sp³-hybridized carbons (Fsp3) is 0.450. The summed E-state index contributed by atoms with van der Waals surface area (Å²) in [4.78, 5) is 27.1. The molecule has 0 aromatic heterocycles. The Morgan fingerprint density at radius 1 is 1.30 bits per heavy atom. The number of hydrogen-bond acceptors (Lipinski definition) is 8. The summed E-state index contributed by atoms with van der Waals surface area (Å²) in [5.41, 5.74) is 1.57. The largest absolute Gasteiger partial charge is 0.444 e. The monoisotopic (exact) mass is 428 g/mol. The first-order valence-electron chi connectivity index (χ1n) is 9.56.